The maximum Gasteiger partial charge on any atom is 0.306 e. The van der Waals surface area contributed by atoms with Gasteiger partial charge in [-0.05, 0) is 44.9 Å². The van der Waals surface area contributed by atoms with Crippen molar-refractivity contribution in [2.45, 2.75) is 297 Å². The number of allylic oxidation sites excluding steroid dienone is 2. The van der Waals surface area contributed by atoms with E-state index in [1.807, 2.05) is 0 Å². The van der Waals surface area contributed by atoms with E-state index in [9.17, 15) is 14.4 Å². The molecule has 1 atom stereocenters. The number of ether oxygens (including phenoxy) is 3. The molecule has 0 heterocycles. The summed E-state index contributed by atoms with van der Waals surface area (Å²) in [5.74, 6) is -0.855. The Hall–Kier alpha value is -1.85. The summed E-state index contributed by atoms with van der Waals surface area (Å²) in [4.78, 5) is 37.9. The zero-order chi connectivity index (χ0) is 43.0. The number of rotatable bonds is 48. The molecule has 59 heavy (non-hydrogen) atoms. The topological polar surface area (TPSA) is 78.9 Å². The minimum atomic E-state index is -0.764. The van der Waals surface area contributed by atoms with Crippen molar-refractivity contribution in [3.05, 3.63) is 12.2 Å². The molecule has 0 radical (unpaired) electrons. The monoisotopic (exact) mass is 833 g/mol. The van der Waals surface area contributed by atoms with Gasteiger partial charge < -0.3 is 14.2 Å². The van der Waals surface area contributed by atoms with Gasteiger partial charge in [-0.15, -0.1) is 0 Å². The molecule has 0 amide bonds. The fraction of sp³-hybridized carbons (Fsp3) is 0.906. The van der Waals surface area contributed by atoms with Crippen LogP contribution >= 0.6 is 0 Å². The first kappa shape index (κ1) is 57.1. The Morgan fingerprint density at radius 1 is 0.322 bits per heavy atom. The third-order valence-corrected chi connectivity index (χ3v) is 11.8. The molecule has 0 aromatic rings. The molecule has 6 nitrogen and oxygen atoms in total. The van der Waals surface area contributed by atoms with E-state index in [0.29, 0.717) is 19.3 Å². The number of unbranched alkanes of at least 4 members (excludes halogenated alkanes) is 35. The van der Waals surface area contributed by atoms with Crippen molar-refractivity contribution in [3.8, 4) is 0 Å². The molecule has 0 aromatic heterocycles. The highest BCUT2D eigenvalue weighted by Crippen LogP contribution is 2.16. The second kappa shape index (κ2) is 48.8. The molecule has 0 saturated carbocycles. The van der Waals surface area contributed by atoms with Gasteiger partial charge in [-0.3, -0.25) is 14.4 Å². The number of carbonyl (C=O) groups is 3. The largest absolute Gasteiger partial charge is 0.462 e. The summed E-state index contributed by atoms with van der Waals surface area (Å²) >= 11 is 0. The smallest absolute Gasteiger partial charge is 0.306 e. The number of esters is 3. The van der Waals surface area contributed by atoms with Crippen molar-refractivity contribution < 1.29 is 28.6 Å². The average Bonchev–Trinajstić information content (AvgIpc) is 3.23. The van der Waals surface area contributed by atoms with Crippen LogP contribution < -0.4 is 0 Å². The molecule has 0 rings (SSSR count). The Morgan fingerprint density at radius 3 is 0.847 bits per heavy atom. The SMILES string of the molecule is CCCCCCCCC/C=C\CCCCCCCCCC(=O)OCC(COC(=O)CCCCCCCCCCCCC)OC(=O)CCCCCCCCCCCCCC. The van der Waals surface area contributed by atoms with Crippen LogP contribution in [0.4, 0.5) is 0 Å². The lowest BCUT2D eigenvalue weighted by Gasteiger charge is -2.18. The number of carbonyl (C=O) groups excluding carboxylic acids is 3. The van der Waals surface area contributed by atoms with Gasteiger partial charge in [-0.1, -0.05) is 238 Å². The van der Waals surface area contributed by atoms with Crippen molar-refractivity contribution in [1.29, 1.82) is 0 Å². The van der Waals surface area contributed by atoms with Crippen LogP contribution in [0.5, 0.6) is 0 Å². The summed E-state index contributed by atoms with van der Waals surface area (Å²) in [5, 5.41) is 0. The molecule has 0 aliphatic rings. The highest BCUT2D eigenvalue weighted by molar-refractivity contribution is 5.71. The lowest BCUT2D eigenvalue weighted by molar-refractivity contribution is -0.167. The fourth-order valence-electron chi connectivity index (χ4n) is 7.79. The third-order valence-electron chi connectivity index (χ3n) is 11.8. The van der Waals surface area contributed by atoms with Crippen molar-refractivity contribution in [2.75, 3.05) is 13.2 Å². The predicted molar refractivity (Wildman–Crippen MR) is 252 cm³/mol. The maximum atomic E-state index is 12.8. The van der Waals surface area contributed by atoms with E-state index < -0.39 is 6.10 Å². The van der Waals surface area contributed by atoms with Crippen molar-refractivity contribution in [3.63, 3.8) is 0 Å². The van der Waals surface area contributed by atoms with Crippen LogP contribution in [0.3, 0.4) is 0 Å². The van der Waals surface area contributed by atoms with E-state index in [0.717, 1.165) is 57.8 Å². The quantitative estimate of drug-likeness (QED) is 0.0263. The maximum absolute atomic E-state index is 12.8. The molecule has 6 heteroatoms. The van der Waals surface area contributed by atoms with Crippen LogP contribution in [0.25, 0.3) is 0 Å². The van der Waals surface area contributed by atoms with Crippen molar-refractivity contribution in [1.82, 2.24) is 0 Å². The molecular weight excluding hydrogens is 733 g/mol. The predicted octanol–water partition coefficient (Wildman–Crippen LogP) is 17.0. The molecule has 0 N–H and O–H groups in total. The lowest BCUT2D eigenvalue weighted by Crippen LogP contribution is -2.30. The molecule has 0 aromatic carbocycles. The molecule has 0 saturated heterocycles. The molecule has 0 fully saturated rings. The minimum Gasteiger partial charge on any atom is -0.462 e. The number of hydrogen-bond donors (Lipinski definition) is 0. The van der Waals surface area contributed by atoms with Crippen LogP contribution in [0.15, 0.2) is 12.2 Å². The highest BCUT2D eigenvalue weighted by atomic mass is 16.6. The van der Waals surface area contributed by atoms with Crippen LogP contribution in [0.1, 0.15) is 290 Å². The Morgan fingerprint density at radius 2 is 0.559 bits per heavy atom. The summed E-state index contributed by atoms with van der Waals surface area (Å²) in [7, 11) is 0. The average molecular weight is 833 g/mol. The van der Waals surface area contributed by atoms with Gasteiger partial charge in [0.05, 0.1) is 0 Å². The zero-order valence-corrected chi connectivity index (χ0v) is 39.8. The first-order valence-corrected chi connectivity index (χ1v) is 26.2. The first-order valence-electron chi connectivity index (χ1n) is 26.2. The zero-order valence-electron chi connectivity index (χ0n) is 39.8. The van der Waals surface area contributed by atoms with E-state index in [1.165, 1.54) is 193 Å². The molecule has 348 valence electrons. The highest BCUT2D eigenvalue weighted by Gasteiger charge is 2.19. The van der Waals surface area contributed by atoms with Gasteiger partial charge in [0.25, 0.3) is 0 Å². The Kier molecular flexibility index (Phi) is 47.3. The molecule has 0 aliphatic carbocycles. The van der Waals surface area contributed by atoms with Gasteiger partial charge in [0.2, 0.25) is 0 Å². The second-order valence-corrected chi connectivity index (χ2v) is 17.8. The van der Waals surface area contributed by atoms with Gasteiger partial charge in [0.15, 0.2) is 6.10 Å². The summed E-state index contributed by atoms with van der Waals surface area (Å²) in [6.45, 7) is 6.65. The lowest BCUT2D eigenvalue weighted by atomic mass is 10.0. The summed E-state index contributed by atoms with van der Waals surface area (Å²) in [5.41, 5.74) is 0. The summed E-state index contributed by atoms with van der Waals surface area (Å²) < 4.78 is 16.8. The van der Waals surface area contributed by atoms with Crippen LogP contribution in [0, 0.1) is 0 Å². The summed E-state index contributed by atoms with van der Waals surface area (Å²) in [6, 6.07) is 0. The Bertz CT molecular complexity index is 916. The Labute approximate surface area is 367 Å². The standard InChI is InChI=1S/C53H100O6/c1-4-7-10-13-16-19-22-24-25-26-27-28-29-32-34-37-40-43-46-52(55)58-49-50(48-57-51(54)45-42-39-36-33-30-21-18-15-12-9-6-3)59-53(56)47-44-41-38-35-31-23-20-17-14-11-8-5-2/h25-26,50H,4-24,27-49H2,1-3H3/b26-25-. The van der Waals surface area contributed by atoms with Crippen molar-refractivity contribution in [2.24, 2.45) is 0 Å². The molecule has 1 unspecified atom stereocenters. The van der Waals surface area contributed by atoms with Crippen LogP contribution in [-0.2, 0) is 28.6 Å². The Balaban J connectivity index is 4.28. The number of hydrogen-bond acceptors (Lipinski definition) is 6. The van der Waals surface area contributed by atoms with Crippen LogP contribution in [-0.4, -0.2) is 37.2 Å². The van der Waals surface area contributed by atoms with Gasteiger partial charge in [-0.25, -0.2) is 0 Å². The van der Waals surface area contributed by atoms with Gasteiger partial charge in [0, 0.05) is 19.3 Å². The van der Waals surface area contributed by atoms with E-state index in [-0.39, 0.29) is 31.1 Å². The fourth-order valence-corrected chi connectivity index (χ4v) is 7.79. The first-order chi connectivity index (χ1) is 29.0. The third kappa shape index (κ3) is 47.1. The van der Waals surface area contributed by atoms with Crippen LogP contribution in [0.2, 0.25) is 0 Å². The molecular formula is C53H100O6. The minimum absolute atomic E-state index is 0.0662. The molecule has 0 aliphatic heterocycles. The summed E-state index contributed by atoms with van der Waals surface area (Å²) in [6.07, 6.45) is 53.4. The van der Waals surface area contributed by atoms with Gasteiger partial charge >= 0.3 is 17.9 Å². The van der Waals surface area contributed by atoms with E-state index in [4.69, 9.17) is 14.2 Å². The van der Waals surface area contributed by atoms with Crippen molar-refractivity contribution >= 4 is 17.9 Å². The van der Waals surface area contributed by atoms with E-state index >= 15 is 0 Å². The molecule has 0 bridgehead atoms. The van der Waals surface area contributed by atoms with Gasteiger partial charge in [0.1, 0.15) is 13.2 Å². The molecule has 0 spiro atoms. The van der Waals surface area contributed by atoms with E-state index in [1.54, 1.807) is 0 Å². The van der Waals surface area contributed by atoms with Gasteiger partial charge in [-0.2, -0.15) is 0 Å². The second-order valence-electron chi connectivity index (χ2n) is 17.8. The van der Waals surface area contributed by atoms with E-state index in [2.05, 4.69) is 32.9 Å². The normalized spacial score (nSPS) is 12.0.